The quantitative estimate of drug-likeness (QED) is 0.106. The zero-order valence-corrected chi connectivity index (χ0v) is 22.6. The lowest BCUT2D eigenvalue weighted by Crippen LogP contribution is -2.23. The number of carbonyl (C=O) groups is 1. The molecule has 7 heteroatoms. The van der Waals surface area contributed by atoms with Crippen molar-refractivity contribution in [2.75, 3.05) is 47.4 Å². The maximum absolute atomic E-state index is 12.2. The predicted octanol–water partition coefficient (Wildman–Crippen LogP) is 5.58. The Morgan fingerprint density at radius 3 is 2.23 bits per heavy atom. The van der Waals surface area contributed by atoms with Crippen LogP contribution in [-0.4, -0.2) is 53.3 Å². The van der Waals surface area contributed by atoms with Crippen LogP contribution in [0.4, 0.5) is 0 Å². The van der Waals surface area contributed by atoms with Crippen molar-refractivity contribution in [1.82, 2.24) is 5.32 Å². The van der Waals surface area contributed by atoms with E-state index in [0.29, 0.717) is 44.3 Å². The van der Waals surface area contributed by atoms with Crippen LogP contribution < -0.4 is 14.8 Å². The highest BCUT2D eigenvalue weighted by Gasteiger charge is 2.14. The molecule has 0 bridgehead atoms. The standard InChI is InChI=1S/C32H37NO6/c1-35-22-23-37-25-39-29-19-18-26(24-30(29)36-2)12-9-10-17-31(34)33-20-11-21-38-32(27-13-5-3-6-14-27)28-15-7-4-8-16-28/h3-10,12-19,24,32H,11,20-23,25H2,1-2H3,(H,33,34)/b12-9+,17-10+. The first-order chi connectivity index (χ1) is 19.2. The molecule has 206 valence electrons. The number of ether oxygens (including phenoxy) is 5. The Morgan fingerprint density at radius 1 is 0.846 bits per heavy atom. The highest BCUT2D eigenvalue weighted by molar-refractivity contribution is 5.87. The number of carbonyl (C=O) groups excluding carboxylic acids is 1. The average Bonchev–Trinajstić information content (AvgIpc) is 2.98. The molecule has 0 aliphatic heterocycles. The molecule has 3 rings (SSSR count). The van der Waals surface area contributed by atoms with Gasteiger partial charge in [0.25, 0.3) is 0 Å². The zero-order chi connectivity index (χ0) is 27.5. The molecule has 0 atom stereocenters. The Balaban J connectivity index is 1.39. The van der Waals surface area contributed by atoms with Gasteiger partial charge in [0, 0.05) is 26.3 Å². The topological polar surface area (TPSA) is 75.3 Å². The van der Waals surface area contributed by atoms with Gasteiger partial charge in [-0.2, -0.15) is 0 Å². The molecule has 0 aromatic heterocycles. The summed E-state index contributed by atoms with van der Waals surface area (Å²) in [5.41, 5.74) is 3.12. The second-order valence-corrected chi connectivity index (χ2v) is 8.51. The van der Waals surface area contributed by atoms with E-state index in [1.54, 1.807) is 26.4 Å². The number of hydrogen-bond acceptors (Lipinski definition) is 6. The van der Waals surface area contributed by atoms with Crippen LogP contribution >= 0.6 is 0 Å². The van der Waals surface area contributed by atoms with Gasteiger partial charge in [-0.3, -0.25) is 4.79 Å². The van der Waals surface area contributed by atoms with Crippen LogP contribution in [0.25, 0.3) is 6.08 Å². The van der Waals surface area contributed by atoms with Crippen molar-refractivity contribution < 1.29 is 28.5 Å². The van der Waals surface area contributed by atoms with E-state index in [1.165, 1.54) is 6.08 Å². The van der Waals surface area contributed by atoms with Gasteiger partial charge in [-0.15, -0.1) is 0 Å². The fraction of sp³-hybridized carbons (Fsp3) is 0.281. The third-order valence-electron chi connectivity index (χ3n) is 5.67. The van der Waals surface area contributed by atoms with Crippen LogP contribution in [0.2, 0.25) is 0 Å². The largest absolute Gasteiger partial charge is 0.493 e. The van der Waals surface area contributed by atoms with Crippen molar-refractivity contribution in [3.05, 3.63) is 114 Å². The van der Waals surface area contributed by atoms with E-state index in [-0.39, 0.29) is 18.8 Å². The molecule has 1 amide bonds. The predicted molar refractivity (Wildman–Crippen MR) is 153 cm³/mol. The lowest BCUT2D eigenvalue weighted by Gasteiger charge is -2.19. The molecule has 0 saturated carbocycles. The van der Waals surface area contributed by atoms with Crippen molar-refractivity contribution in [1.29, 1.82) is 0 Å². The van der Waals surface area contributed by atoms with Crippen LogP contribution in [0.5, 0.6) is 11.5 Å². The van der Waals surface area contributed by atoms with Crippen molar-refractivity contribution in [3.63, 3.8) is 0 Å². The third kappa shape index (κ3) is 10.8. The van der Waals surface area contributed by atoms with Crippen LogP contribution in [0, 0.1) is 0 Å². The van der Waals surface area contributed by atoms with Gasteiger partial charge in [-0.25, -0.2) is 0 Å². The van der Waals surface area contributed by atoms with Crippen molar-refractivity contribution in [3.8, 4) is 11.5 Å². The molecular formula is C32H37NO6. The molecule has 0 unspecified atom stereocenters. The molecule has 3 aromatic carbocycles. The molecule has 0 fully saturated rings. The molecule has 0 radical (unpaired) electrons. The minimum atomic E-state index is -0.155. The van der Waals surface area contributed by atoms with E-state index in [0.717, 1.165) is 16.7 Å². The SMILES string of the molecule is COCCOCOc1ccc(/C=C/C=C/C(=O)NCCCOC(c2ccccc2)c2ccccc2)cc1OC. The monoisotopic (exact) mass is 531 g/mol. The summed E-state index contributed by atoms with van der Waals surface area (Å²) in [6.45, 7) is 2.13. The Hall–Kier alpha value is -3.91. The Bertz CT molecular complexity index is 1120. The van der Waals surface area contributed by atoms with Crippen LogP contribution in [-0.2, 0) is 19.0 Å². The molecule has 0 saturated heterocycles. The molecule has 39 heavy (non-hydrogen) atoms. The lowest BCUT2D eigenvalue weighted by molar-refractivity contribution is -0.116. The second kappa shape index (κ2) is 17.6. The Kier molecular flexibility index (Phi) is 13.4. The molecule has 3 aromatic rings. The third-order valence-corrected chi connectivity index (χ3v) is 5.67. The lowest BCUT2D eigenvalue weighted by atomic mass is 10.0. The Morgan fingerprint density at radius 2 is 1.56 bits per heavy atom. The number of benzene rings is 3. The van der Waals surface area contributed by atoms with Gasteiger partial charge in [0.05, 0.1) is 20.3 Å². The average molecular weight is 532 g/mol. The van der Waals surface area contributed by atoms with Crippen molar-refractivity contribution >= 4 is 12.0 Å². The highest BCUT2D eigenvalue weighted by atomic mass is 16.7. The minimum absolute atomic E-state index is 0.111. The Labute approximate surface area is 231 Å². The van der Waals surface area contributed by atoms with E-state index in [2.05, 4.69) is 29.6 Å². The van der Waals surface area contributed by atoms with E-state index >= 15 is 0 Å². The number of methoxy groups -OCH3 is 2. The maximum Gasteiger partial charge on any atom is 0.243 e. The molecule has 7 nitrogen and oxygen atoms in total. The van der Waals surface area contributed by atoms with Crippen LogP contribution in [0.3, 0.4) is 0 Å². The van der Waals surface area contributed by atoms with Crippen molar-refractivity contribution in [2.24, 2.45) is 0 Å². The van der Waals surface area contributed by atoms with Gasteiger partial charge in [0.15, 0.2) is 18.3 Å². The summed E-state index contributed by atoms with van der Waals surface area (Å²) in [4.78, 5) is 12.2. The summed E-state index contributed by atoms with van der Waals surface area (Å²) in [7, 11) is 3.20. The first-order valence-electron chi connectivity index (χ1n) is 12.9. The summed E-state index contributed by atoms with van der Waals surface area (Å²) in [5, 5.41) is 2.90. The van der Waals surface area contributed by atoms with Gasteiger partial charge < -0.3 is 29.0 Å². The second-order valence-electron chi connectivity index (χ2n) is 8.51. The van der Waals surface area contributed by atoms with Crippen molar-refractivity contribution in [2.45, 2.75) is 12.5 Å². The zero-order valence-electron chi connectivity index (χ0n) is 22.6. The van der Waals surface area contributed by atoms with Crippen LogP contribution in [0.15, 0.2) is 97.1 Å². The number of nitrogens with one attached hydrogen (secondary N) is 1. The van der Waals surface area contributed by atoms with Gasteiger partial charge in [-0.1, -0.05) is 85.0 Å². The van der Waals surface area contributed by atoms with Gasteiger partial charge in [0.1, 0.15) is 6.10 Å². The normalized spacial score (nSPS) is 11.4. The minimum Gasteiger partial charge on any atom is -0.493 e. The fourth-order valence-corrected chi connectivity index (χ4v) is 3.71. The fourth-order valence-electron chi connectivity index (χ4n) is 3.71. The van der Waals surface area contributed by atoms with E-state index in [1.807, 2.05) is 60.7 Å². The first-order valence-corrected chi connectivity index (χ1v) is 12.9. The van der Waals surface area contributed by atoms with E-state index in [4.69, 9.17) is 23.7 Å². The van der Waals surface area contributed by atoms with Gasteiger partial charge in [0.2, 0.25) is 5.91 Å². The first kappa shape index (κ1) is 29.6. The van der Waals surface area contributed by atoms with E-state index in [9.17, 15) is 4.79 Å². The smallest absolute Gasteiger partial charge is 0.243 e. The molecule has 0 aliphatic rings. The number of hydrogen-bond donors (Lipinski definition) is 1. The van der Waals surface area contributed by atoms with Gasteiger partial charge in [-0.05, 0) is 35.2 Å². The number of rotatable bonds is 17. The number of amides is 1. The summed E-state index contributed by atoms with van der Waals surface area (Å²) < 4.78 is 27.5. The van der Waals surface area contributed by atoms with Gasteiger partial charge >= 0.3 is 0 Å². The molecule has 1 N–H and O–H groups in total. The van der Waals surface area contributed by atoms with E-state index < -0.39 is 0 Å². The molecule has 0 aliphatic carbocycles. The molecule has 0 spiro atoms. The summed E-state index contributed by atoms with van der Waals surface area (Å²) >= 11 is 0. The molecule has 0 heterocycles. The summed E-state index contributed by atoms with van der Waals surface area (Å²) in [6.07, 6.45) is 7.45. The molecular weight excluding hydrogens is 494 g/mol. The van der Waals surface area contributed by atoms with Crippen LogP contribution in [0.1, 0.15) is 29.2 Å². The summed E-state index contributed by atoms with van der Waals surface area (Å²) in [6, 6.07) is 25.9. The summed E-state index contributed by atoms with van der Waals surface area (Å²) in [5.74, 6) is 1.03. The number of allylic oxidation sites excluding steroid dienone is 2. The highest BCUT2D eigenvalue weighted by Crippen LogP contribution is 2.28. The maximum atomic E-state index is 12.2.